The summed E-state index contributed by atoms with van der Waals surface area (Å²) in [7, 11) is 0. The van der Waals surface area contributed by atoms with E-state index < -0.39 is 12.4 Å². The first-order chi connectivity index (χ1) is 7.79. The zero-order chi connectivity index (χ0) is 11.4. The molecule has 3 atom stereocenters. The van der Waals surface area contributed by atoms with Crippen molar-refractivity contribution in [3.05, 3.63) is 35.9 Å². The van der Waals surface area contributed by atoms with E-state index in [1.54, 1.807) is 0 Å². The molecule has 0 bridgehead atoms. The van der Waals surface area contributed by atoms with Gasteiger partial charge < -0.3 is 19.7 Å². The van der Waals surface area contributed by atoms with Crippen molar-refractivity contribution in [1.82, 2.24) is 0 Å². The molecule has 3 unspecified atom stereocenters. The standard InChI is InChI=1S/C12H16O4/c13-7-11-10(6-12(14)16-11)15-8-9-4-2-1-3-5-9/h1-5,10-14H,6-8H2. The second kappa shape index (κ2) is 5.41. The molecule has 0 aromatic heterocycles. The Kier molecular flexibility index (Phi) is 3.90. The Morgan fingerprint density at radius 2 is 2.06 bits per heavy atom. The van der Waals surface area contributed by atoms with E-state index in [0.29, 0.717) is 13.0 Å². The van der Waals surface area contributed by atoms with E-state index >= 15 is 0 Å². The van der Waals surface area contributed by atoms with Gasteiger partial charge in [0.25, 0.3) is 0 Å². The van der Waals surface area contributed by atoms with Gasteiger partial charge in [-0.15, -0.1) is 0 Å². The fourth-order valence-corrected chi connectivity index (χ4v) is 1.81. The highest BCUT2D eigenvalue weighted by molar-refractivity contribution is 5.13. The quantitative estimate of drug-likeness (QED) is 0.789. The van der Waals surface area contributed by atoms with Crippen LogP contribution in [0.4, 0.5) is 0 Å². The van der Waals surface area contributed by atoms with Crippen LogP contribution >= 0.6 is 0 Å². The van der Waals surface area contributed by atoms with E-state index in [9.17, 15) is 5.11 Å². The van der Waals surface area contributed by atoms with Crippen LogP contribution < -0.4 is 0 Å². The smallest absolute Gasteiger partial charge is 0.157 e. The highest BCUT2D eigenvalue weighted by Gasteiger charge is 2.34. The molecule has 1 aromatic carbocycles. The third-order valence-electron chi connectivity index (χ3n) is 2.67. The molecular formula is C12H16O4. The summed E-state index contributed by atoms with van der Waals surface area (Å²) in [4.78, 5) is 0. The van der Waals surface area contributed by atoms with Gasteiger partial charge in [0.1, 0.15) is 6.10 Å². The Morgan fingerprint density at radius 3 is 2.75 bits per heavy atom. The van der Waals surface area contributed by atoms with Crippen LogP contribution in [0.15, 0.2) is 30.3 Å². The summed E-state index contributed by atoms with van der Waals surface area (Å²) < 4.78 is 10.7. The van der Waals surface area contributed by atoms with Crippen LogP contribution in [-0.2, 0) is 16.1 Å². The molecule has 1 saturated heterocycles. The molecule has 2 N–H and O–H groups in total. The van der Waals surface area contributed by atoms with E-state index in [-0.39, 0.29) is 12.7 Å². The molecule has 1 aliphatic heterocycles. The normalized spacial score (nSPS) is 29.5. The molecule has 0 saturated carbocycles. The lowest BCUT2D eigenvalue weighted by Crippen LogP contribution is -2.27. The summed E-state index contributed by atoms with van der Waals surface area (Å²) in [6.07, 6.45) is -1.06. The lowest BCUT2D eigenvalue weighted by atomic mass is 10.2. The zero-order valence-corrected chi connectivity index (χ0v) is 8.95. The Labute approximate surface area is 94.4 Å². The SMILES string of the molecule is OCC1OC(O)CC1OCc1ccccc1. The number of rotatable bonds is 4. The number of hydrogen-bond donors (Lipinski definition) is 2. The van der Waals surface area contributed by atoms with Crippen molar-refractivity contribution in [3.63, 3.8) is 0 Å². The van der Waals surface area contributed by atoms with Gasteiger partial charge in [-0.3, -0.25) is 0 Å². The van der Waals surface area contributed by atoms with Crippen LogP contribution in [0, 0.1) is 0 Å². The van der Waals surface area contributed by atoms with Crippen molar-refractivity contribution in [3.8, 4) is 0 Å². The van der Waals surface area contributed by atoms with Gasteiger partial charge in [0.15, 0.2) is 6.29 Å². The maximum absolute atomic E-state index is 9.28. The van der Waals surface area contributed by atoms with Crippen molar-refractivity contribution in [2.75, 3.05) is 6.61 Å². The average Bonchev–Trinajstić information content (AvgIpc) is 2.68. The van der Waals surface area contributed by atoms with E-state index in [0.717, 1.165) is 5.56 Å². The second-order valence-corrected chi connectivity index (χ2v) is 3.88. The number of aliphatic hydroxyl groups is 2. The minimum atomic E-state index is -0.821. The Morgan fingerprint density at radius 1 is 1.31 bits per heavy atom. The summed E-state index contributed by atoms with van der Waals surface area (Å²) in [5.74, 6) is 0. The predicted molar refractivity (Wildman–Crippen MR) is 57.6 cm³/mol. The van der Waals surface area contributed by atoms with Crippen LogP contribution in [0.25, 0.3) is 0 Å². The van der Waals surface area contributed by atoms with Crippen molar-refractivity contribution < 1.29 is 19.7 Å². The topological polar surface area (TPSA) is 58.9 Å². The molecular weight excluding hydrogens is 208 g/mol. The minimum Gasteiger partial charge on any atom is -0.394 e. The molecule has 2 rings (SSSR count). The van der Waals surface area contributed by atoms with Crippen LogP contribution in [0.2, 0.25) is 0 Å². The van der Waals surface area contributed by atoms with E-state index in [2.05, 4.69) is 0 Å². The van der Waals surface area contributed by atoms with Crippen LogP contribution in [-0.4, -0.2) is 35.3 Å². The van der Waals surface area contributed by atoms with E-state index in [1.165, 1.54) is 0 Å². The molecule has 4 heteroatoms. The summed E-state index contributed by atoms with van der Waals surface area (Å²) >= 11 is 0. The first-order valence-corrected chi connectivity index (χ1v) is 5.39. The molecule has 4 nitrogen and oxygen atoms in total. The maximum Gasteiger partial charge on any atom is 0.157 e. The number of ether oxygens (including phenoxy) is 2. The van der Waals surface area contributed by atoms with Gasteiger partial charge in [0.05, 0.1) is 19.3 Å². The number of aliphatic hydroxyl groups excluding tert-OH is 2. The molecule has 88 valence electrons. The van der Waals surface area contributed by atoms with Crippen molar-refractivity contribution in [2.24, 2.45) is 0 Å². The van der Waals surface area contributed by atoms with Gasteiger partial charge in [-0.05, 0) is 5.56 Å². The average molecular weight is 224 g/mol. The third kappa shape index (κ3) is 2.80. The Bertz CT molecular complexity index is 314. The molecule has 1 aliphatic rings. The molecule has 1 fully saturated rings. The molecule has 16 heavy (non-hydrogen) atoms. The summed E-state index contributed by atoms with van der Waals surface area (Å²) in [6, 6.07) is 9.78. The minimum absolute atomic E-state index is 0.128. The lowest BCUT2D eigenvalue weighted by molar-refractivity contribution is -0.112. The van der Waals surface area contributed by atoms with Crippen LogP contribution in [0.3, 0.4) is 0 Å². The molecule has 1 heterocycles. The lowest BCUT2D eigenvalue weighted by Gasteiger charge is -2.16. The van der Waals surface area contributed by atoms with Gasteiger partial charge in [-0.1, -0.05) is 30.3 Å². The fraction of sp³-hybridized carbons (Fsp3) is 0.500. The highest BCUT2D eigenvalue weighted by Crippen LogP contribution is 2.22. The molecule has 0 radical (unpaired) electrons. The largest absolute Gasteiger partial charge is 0.394 e. The summed E-state index contributed by atoms with van der Waals surface area (Å²) in [5.41, 5.74) is 1.07. The first kappa shape index (κ1) is 11.5. The highest BCUT2D eigenvalue weighted by atomic mass is 16.6. The van der Waals surface area contributed by atoms with Crippen LogP contribution in [0.1, 0.15) is 12.0 Å². The summed E-state index contributed by atoms with van der Waals surface area (Å²) in [5, 5.41) is 18.3. The monoisotopic (exact) mass is 224 g/mol. The molecule has 1 aromatic rings. The summed E-state index contributed by atoms with van der Waals surface area (Å²) in [6.45, 7) is 0.342. The second-order valence-electron chi connectivity index (χ2n) is 3.88. The van der Waals surface area contributed by atoms with Gasteiger partial charge in [-0.25, -0.2) is 0 Å². The molecule has 0 spiro atoms. The van der Waals surface area contributed by atoms with Crippen molar-refractivity contribution in [2.45, 2.75) is 31.5 Å². The Balaban J connectivity index is 1.86. The molecule has 0 amide bonds. The van der Waals surface area contributed by atoms with Crippen molar-refractivity contribution >= 4 is 0 Å². The van der Waals surface area contributed by atoms with E-state index in [1.807, 2.05) is 30.3 Å². The van der Waals surface area contributed by atoms with Crippen molar-refractivity contribution in [1.29, 1.82) is 0 Å². The zero-order valence-electron chi connectivity index (χ0n) is 8.95. The number of hydrogen-bond acceptors (Lipinski definition) is 4. The third-order valence-corrected chi connectivity index (χ3v) is 2.67. The van der Waals surface area contributed by atoms with E-state index in [4.69, 9.17) is 14.6 Å². The molecule has 0 aliphatic carbocycles. The maximum atomic E-state index is 9.28. The first-order valence-electron chi connectivity index (χ1n) is 5.39. The fourth-order valence-electron chi connectivity index (χ4n) is 1.81. The van der Waals surface area contributed by atoms with Gasteiger partial charge in [0.2, 0.25) is 0 Å². The van der Waals surface area contributed by atoms with Gasteiger partial charge >= 0.3 is 0 Å². The number of benzene rings is 1. The van der Waals surface area contributed by atoms with Gasteiger partial charge in [0, 0.05) is 6.42 Å². The van der Waals surface area contributed by atoms with Crippen LogP contribution in [0.5, 0.6) is 0 Å². The predicted octanol–water partition coefficient (Wildman–Crippen LogP) is 0.671. The Hall–Kier alpha value is -0.940. The van der Waals surface area contributed by atoms with Gasteiger partial charge in [-0.2, -0.15) is 0 Å².